The minimum Gasteiger partial charge on any atom is -0.353 e. The summed E-state index contributed by atoms with van der Waals surface area (Å²) in [7, 11) is 0. The zero-order valence-electron chi connectivity index (χ0n) is 13.6. The fraction of sp³-hybridized carbons (Fsp3) is 0.350. The number of benzene rings is 2. The second-order valence-electron chi connectivity index (χ2n) is 5.85. The molecule has 0 saturated heterocycles. The van der Waals surface area contributed by atoms with Gasteiger partial charge in [0.1, 0.15) is 0 Å². The highest BCUT2D eigenvalue weighted by Gasteiger charge is 2.12. The third-order valence-corrected chi connectivity index (χ3v) is 3.99. The molecule has 2 aromatic carbocycles. The molecule has 0 aliphatic carbocycles. The smallest absolute Gasteiger partial charge is 0.221 e. The maximum atomic E-state index is 11.9. The average molecular weight is 310 g/mol. The summed E-state index contributed by atoms with van der Waals surface area (Å²) >= 11 is 0. The molecule has 0 fully saturated rings. The molecular formula is C20H26N2O. The summed E-state index contributed by atoms with van der Waals surface area (Å²) in [6.07, 6.45) is 4.25. The van der Waals surface area contributed by atoms with Gasteiger partial charge in [0.05, 0.1) is 0 Å². The molecule has 0 heterocycles. The average Bonchev–Trinajstić information content (AvgIpc) is 2.59. The van der Waals surface area contributed by atoms with Crippen LogP contribution < -0.4 is 11.1 Å². The van der Waals surface area contributed by atoms with E-state index in [0.717, 1.165) is 25.7 Å². The van der Waals surface area contributed by atoms with Gasteiger partial charge >= 0.3 is 0 Å². The van der Waals surface area contributed by atoms with Gasteiger partial charge in [-0.3, -0.25) is 4.79 Å². The van der Waals surface area contributed by atoms with Gasteiger partial charge in [-0.15, -0.1) is 0 Å². The van der Waals surface area contributed by atoms with Crippen LogP contribution in [0.3, 0.4) is 0 Å². The predicted molar refractivity (Wildman–Crippen MR) is 95.1 cm³/mol. The molecule has 3 nitrogen and oxygen atoms in total. The minimum atomic E-state index is 0.0543. The first-order valence-corrected chi connectivity index (χ1v) is 8.35. The van der Waals surface area contributed by atoms with Crippen molar-refractivity contribution in [2.75, 3.05) is 6.54 Å². The Labute approximate surface area is 138 Å². The highest BCUT2D eigenvalue weighted by Crippen LogP contribution is 2.11. The highest BCUT2D eigenvalue weighted by molar-refractivity contribution is 5.76. The fourth-order valence-corrected chi connectivity index (χ4v) is 2.69. The van der Waals surface area contributed by atoms with Crippen LogP contribution >= 0.6 is 0 Å². The van der Waals surface area contributed by atoms with E-state index in [0.29, 0.717) is 13.0 Å². The first-order chi connectivity index (χ1) is 11.3. The van der Waals surface area contributed by atoms with E-state index in [1.807, 2.05) is 12.1 Å². The first-order valence-electron chi connectivity index (χ1n) is 8.35. The van der Waals surface area contributed by atoms with E-state index in [4.69, 9.17) is 5.73 Å². The lowest BCUT2D eigenvalue weighted by atomic mass is 9.99. The summed E-state index contributed by atoms with van der Waals surface area (Å²) in [5, 5.41) is 3.14. The van der Waals surface area contributed by atoms with E-state index >= 15 is 0 Å². The maximum absolute atomic E-state index is 11.9. The maximum Gasteiger partial charge on any atom is 0.221 e. The standard InChI is InChI=1S/C20H26N2O/c21-16-15-20(23)22-19(13-11-17-7-3-1-4-8-17)14-12-18-9-5-2-6-10-18/h1-10,19H,11-16,21H2,(H,22,23). The highest BCUT2D eigenvalue weighted by atomic mass is 16.1. The molecule has 122 valence electrons. The van der Waals surface area contributed by atoms with Crippen LogP contribution in [0.2, 0.25) is 0 Å². The number of nitrogens with two attached hydrogens (primary N) is 1. The van der Waals surface area contributed by atoms with E-state index < -0.39 is 0 Å². The number of carbonyl (C=O) groups is 1. The van der Waals surface area contributed by atoms with Crippen molar-refractivity contribution >= 4 is 5.91 Å². The van der Waals surface area contributed by atoms with Crippen LogP contribution in [0.15, 0.2) is 60.7 Å². The molecule has 0 aliphatic rings. The Morgan fingerprint density at radius 3 is 1.78 bits per heavy atom. The van der Waals surface area contributed by atoms with Gasteiger partial charge in [0.25, 0.3) is 0 Å². The lowest BCUT2D eigenvalue weighted by molar-refractivity contribution is -0.121. The number of hydrogen-bond donors (Lipinski definition) is 2. The van der Waals surface area contributed by atoms with Gasteiger partial charge in [0, 0.05) is 19.0 Å². The van der Waals surface area contributed by atoms with Gasteiger partial charge < -0.3 is 11.1 Å². The van der Waals surface area contributed by atoms with Crippen molar-refractivity contribution < 1.29 is 4.79 Å². The molecule has 0 aromatic heterocycles. The summed E-state index contributed by atoms with van der Waals surface area (Å²) in [6.45, 7) is 0.399. The number of aryl methyl sites for hydroxylation is 2. The topological polar surface area (TPSA) is 55.1 Å². The van der Waals surface area contributed by atoms with Crippen molar-refractivity contribution in [3.63, 3.8) is 0 Å². The largest absolute Gasteiger partial charge is 0.353 e. The molecule has 0 saturated carbocycles. The summed E-state index contributed by atoms with van der Waals surface area (Å²) in [5.74, 6) is 0.0543. The molecule has 0 radical (unpaired) electrons. The molecule has 2 aromatic rings. The monoisotopic (exact) mass is 310 g/mol. The Bertz CT molecular complexity index is 525. The lowest BCUT2D eigenvalue weighted by Crippen LogP contribution is -2.36. The second kappa shape index (κ2) is 9.80. The zero-order chi connectivity index (χ0) is 16.3. The summed E-state index contributed by atoms with van der Waals surface area (Å²) in [5.41, 5.74) is 8.10. The Morgan fingerprint density at radius 2 is 1.35 bits per heavy atom. The van der Waals surface area contributed by atoms with Gasteiger partial charge in [-0.25, -0.2) is 0 Å². The predicted octanol–water partition coefficient (Wildman–Crippen LogP) is 3.09. The normalized spacial score (nSPS) is 10.7. The lowest BCUT2D eigenvalue weighted by Gasteiger charge is -2.19. The van der Waals surface area contributed by atoms with Crippen molar-refractivity contribution in [3.8, 4) is 0 Å². The summed E-state index contributed by atoms with van der Waals surface area (Å²) in [6, 6.07) is 21.0. The van der Waals surface area contributed by atoms with Crippen molar-refractivity contribution in [3.05, 3.63) is 71.8 Å². The van der Waals surface area contributed by atoms with Crippen LogP contribution in [0.4, 0.5) is 0 Å². The van der Waals surface area contributed by atoms with Crippen LogP contribution in [0.1, 0.15) is 30.4 Å². The van der Waals surface area contributed by atoms with Gasteiger partial charge in [-0.1, -0.05) is 60.7 Å². The second-order valence-corrected chi connectivity index (χ2v) is 5.85. The molecule has 0 unspecified atom stereocenters. The SMILES string of the molecule is NCCC(=O)NC(CCc1ccccc1)CCc1ccccc1. The van der Waals surface area contributed by atoms with Crippen molar-refractivity contribution in [1.82, 2.24) is 5.32 Å². The molecule has 2 rings (SSSR count). The minimum absolute atomic E-state index is 0.0543. The number of hydrogen-bond acceptors (Lipinski definition) is 2. The Balaban J connectivity index is 1.89. The number of rotatable bonds is 9. The molecule has 23 heavy (non-hydrogen) atoms. The molecule has 0 aliphatic heterocycles. The Morgan fingerprint density at radius 1 is 0.870 bits per heavy atom. The van der Waals surface area contributed by atoms with Crippen molar-refractivity contribution in [2.24, 2.45) is 5.73 Å². The molecule has 0 bridgehead atoms. The zero-order valence-corrected chi connectivity index (χ0v) is 13.6. The van der Waals surface area contributed by atoms with Crippen LogP contribution in [-0.2, 0) is 17.6 Å². The third-order valence-electron chi connectivity index (χ3n) is 3.99. The summed E-state index contributed by atoms with van der Waals surface area (Å²) < 4.78 is 0. The summed E-state index contributed by atoms with van der Waals surface area (Å²) in [4.78, 5) is 11.9. The molecule has 0 atom stereocenters. The Kier molecular flexibility index (Phi) is 7.34. The van der Waals surface area contributed by atoms with Gasteiger partial charge in [-0.05, 0) is 36.8 Å². The Hall–Kier alpha value is -2.13. The fourth-order valence-electron chi connectivity index (χ4n) is 2.69. The van der Waals surface area contributed by atoms with E-state index in [-0.39, 0.29) is 11.9 Å². The van der Waals surface area contributed by atoms with Crippen LogP contribution in [0.25, 0.3) is 0 Å². The van der Waals surface area contributed by atoms with Crippen LogP contribution in [-0.4, -0.2) is 18.5 Å². The number of amides is 1. The molecule has 1 amide bonds. The third kappa shape index (κ3) is 6.66. The van der Waals surface area contributed by atoms with Gasteiger partial charge in [0.15, 0.2) is 0 Å². The van der Waals surface area contributed by atoms with Crippen LogP contribution in [0.5, 0.6) is 0 Å². The molecule has 0 spiro atoms. The van der Waals surface area contributed by atoms with E-state index in [1.54, 1.807) is 0 Å². The van der Waals surface area contributed by atoms with E-state index in [1.165, 1.54) is 11.1 Å². The van der Waals surface area contributed by atoms with E-state index in [2.05, 4.69) is 53.8 Å². The van der Waals surface area contributed by atoms with Crippen molar-refractivity contribution in [1.29, 1.82) is 0 Å². The van der Waals surface area contributed by atoms with E-state index in [9.17, 15) is 4.79 Å². The first kappa shape index (κ1) is 17.2. The van der Waals surface area contributed by atoms with Gasteiger partial charge in [-0.2, -0.15) is 0 Å². The molecular weight excluding hydrogens is 284 g/mol. The van der Waals surface area contributed by atoms with Gasteiger partial charge in [0.2, 0.25) is 5.91 Å². The number of carbonyl (C=O) groups excluding carboxylic acids is 1. The quantitative estimate of drug-likeness (QED) is 0.748. The van der Waals surface area contributed by atoms with Crippen molar-refractivity contribution in [2.45, 2.75) is 38.1 Å². The van der Waals surface area contributed by atoms with Crippen LogP contribution in [0, 0.1) is 0 Å². The number of nitrogens with one attached hydrogen (secondary N) is 1. The molecule has 3 N–H and O–H groups in total. The molecule has 3 heteroatoms.